The Hall–Kier alpha value is -1.66. The van der Waals surface area contributed by atoms with Gasteiger partial charge in [0, 0.05) is 24.2 Å². The van der Waals surface area contributed by atoms with Gasteiger partial charge >= 0.3 is 0 Å². The van der Waals surface area contributed by atoms with Crippen LogP contribution in [0.1, 0.15) is 59.8 Å². The van der Waals surface area contributed by atoms with E-state index in [1.54, 1.807) is 11.3 Å². The fraction of sp³-hybridized carbons (Fsp3) is 0.579. The topological polar surface area (TPSA) is 61.0 Å². The molecule has 1 aliphatic heterocycles. The highest BCUT2D eigenvalue weighted by molar-refractivity contribution is 7.07. The molecule has 1 atom stereocenters. The number of amides is 1. The second kappa shape index (κ2) is 5.95. The minimum absolute atomic E-state index is 0.0924. The summed E-state index contributed by atoms with van der Waals surface area (Å²) in [5.41, 5.74) is 3.29. The maximum atomic E-state index is 13.3. The van der Waals surface area contributed by atoms with Crippen LogP contribution in [0.25, 0.3) is 0 Å². The second-order valence-corrected chi connectivity index (χ2v) is 8.66. The van der Waals surface area contributed by atoms with Gasteiger partial charge in [-0.1, -0.05) is 0 Å². The van der Waals surface area contributed by atoms with Crippen molar-refractivity contribution in [2.45, 2.75) is 50.6 Å². The minimum Gasteiger partial charge on any atom is -0.329 e. The molecule has 132 valence electrons. The van der Waals surface area contributed by atoms with Crippen molar-refractivity contribution in [2.24, 2.45) is 5.41 Å². The quantitative estimate of drug-likeness (QED) is 0.865. The van der Waals surface area contributed by atoms with E-state index in [0.717, 1.165) is 25.2 Å². The molecule has 2 saturated carbocycles. The summed E-state index contributed by atoms with van der Waals surface area (Å²) < 4.78 is 0. The van der Waals surface area contributed by atoms with Gasteiger partial charge in [0.25, 0.3) is 5.91 Å². The molecule has 0 aromatic carbocycles. The fourth-order valence-corrected chi connectivity index (χ4v) is 4.99. The van der Waals surface area contributed by atoms with Gasteiger partial charge in [-0.25, -0.2) is 0 Å². The number of nitrogens with one attached hydrogen (secondary N) is 2. The molecular formula is C19H24N4OS. The van der Waals surface area contributed by atoms with Gasteiger partial charge in [-0.3, -0.25) is 9.89 Å². The Morgan fingerprint density at radius 2 is 2.20 bits per heavy atom. The Morgan fingerprint density at radius 3 is 2.92 bits per heavy atom. The lowest BCUT2D eigenvalue weighted by molar-refractivity contribution is 0.0686. The first-order chi connectivity index (χ1) is 12.3. The van der Waals surface area contributed by atoms with Gasteiger partial charge in [0.2, 0.25) is 0 Å². The fourth-order valence-electron chi connectivity index (χ4n) is 4.33. The molecule has 0 bridgehead atoms. The maximum absolute atomic E-state index is 13.3. The average Bonchev–Trinajstić information content (AvgIpc) is 3.46. The number of piperidine rings is 1. The number of H-pyrrole nitrogens is 1. The van der Waals surface area contributed by atoms with Gasteiger partial charge in [0.05, 0.1) is 0 Å². The van der Waals surface area contributed by atoms with Crippen molar-refractivity contribution in [1.29, 1.82) is 0 Å². The molecule has 3 heterocycles. The Kier molecular flexibility index (Phi) is 3.71. The van der Waals surface area contributed by atoms with Crippen molar-refractivity contribution >= 4 is 17.2 Å². The van der Waals surface area contributed by atoms with E-state index in [1.807, 2.05) is 6.07 Å². The van der Waals surface area contributed by atoms with Crippen molar-refractivity contribution in [1.82, 2.24) is 20.4 Å². The molecule has 1 saturated heterocycles. The van der Waals surface area contributed by atoms with E-state index in [2.05, 4.69) is 37.2 Å². The number of aromatic nitrogens is 2. The third-order valence-corrected chi connectivity index (χ3v) is 6.88. The average molecular weight is 356 g/mol. The highest BCUT2D eigenvalue weighted by atomic mass is 32.1. The Morgan fingerprint density at radius 1 is 1.36 bits per heavy atom. The zero-order valence-corrected chi connectivity index (χ0v) is 15.1. The number of carbonyl (C=O) groups is 1. The number of rotatable bonds is 5. The summed E-state index contributed by atoms with van der Waals surface area (Å²) in [6.45, 7) is 2.85. The number of carbonyl (C=O) groups excluding carboxylic acids is 1. The lowest BCUT2D eigenvalue weighted by atomic mass is 9.93. The van der Waals surface area contributed by atoms with Crippen LogP contribution >= 0.6 is 11.3 Å². The van der Waals surface area contributed by atoms with Crippen LogP contribution in [-0.4, -0.2) is 40.1 Å². The van der Waals surface area contributed by atoms with Crippen molar-refractivity contribution in [3.05, 3.63) is 39.8 Å². The largest absolute Gasteiger partial charge is 0.329 e. The molecule has 5 nitrogen and oxygen atoms in total. The molecule has 5 rings (SSSR count). The highest BCUT2D eigenvalue weighted by Gasteiger charge is 2.58. The summed E-state index contributed by atoms with van der Waals surface area (Å²) in [5.74, 6) is 0.686. The Balaban J connectivity index is 1.39. The van der Waals surface area contributed by atoms with Crippen molar-refractivity contribution in [3.63, 3.8) is 0 Å². The highest BCUT2D eigenvalue weighted by Crippen LogP contribution is 2.56. The molecule has 2 aliphatic carbocycles. The van der Waals surface area contributed by atoms with Crippen molar-refractivity contribution in [2.75, 3.05) is 13.1 Å². The van der Waals surface area contributed by atoms with E-state index in [4.69, 9.17) is 0 Å². The van der Waals surface area contributed by atoms with E-state index in [0.29, 0.717) is 29.6 Å². The van der Waals surface area contributed by atoms with Crippen LogP contribution in [0.4, 0.5) is 0 Å². The second-order valence-electron chi connectivity index (χ2n) is 7.88. The molecule has 2 aromatic heterocycles. The van der Waals surface area contributed by atoms with Gasteiger partial charge in [-0.05, 0) is 79.1 Å². The molecular weight excluding hydrogens is 332 g/mol. The number of hydrogen-bond acceptors (Lipinski definition) is 4. The Bertz CT molecular complexity index is 758. The number of nitrogens with zero attached hydrogens (tertiary/aromatic N) is 2. The molecule has 1 spiro atoms. The summed E-state index contributed by atoms with van der Waals surface area (Å²) >= 11 is 1.69. The molecule has 2 N–H and O–H groups in total. The first-order valence-electron chi connectivity index (χ1n) is 9.33. The van der Waals surface area contributed by atoms with Gasteiger partial charge < -0.3 is 10.2 Å². The first kappa shape index (κ1) is 15.6. The van der Waals surface area contributed by atoms with E-state index < -0.39 is 0 Å². The van der Waals surface area contributed by atoms with Crippen LogP contribution in [0.2, 0.25) is 0 Å². The maximum Gasteiger partial charge on any atom is 0.274 e. The zero-order chi connectivity index (χ0) is 16.9. The summed E-state index contributed by atoms with van der Waals surface area (Å²) in [7, 11) is 0. The minimum atomic E-state index is 0.0924. The molecule has 3 aliphatic rings. The molecule has 6 heteroatoms. The van der Waals surface area contributed by atoms with Gasteiger partial charge in [-0.2, -0.15) is 16.4 Å². The zero-order valence-electron chi connectivity index (χ0n) is 14.3. The van der Waals surface area contributed by atoms with Crippen LogP contribution in [0.5, 0.6) is 0 Å². The van der Waals surface area contributed by atoms with Crippen LogP contribution in [0.15, 0.2) is 22.9 Å². The third-order valence-electron chi connectivity index (χ3n) is 6.15. The lowest BCUT2D eigenvalue weighted by Crippen LogP contribution is -2.39. The van der Waals surface area contributed by atoms with Gasteiger partial charge in [-0.15, -0.1) is 0 Å². The lowest BCUT2D eigenvalue weighted by Gasteiger charge is -2.29. The normalized spacial score (nSPS) is 24.4. The molecule has 25 heavy (non-hydrogen) atoms. The van der Waals surface area contributed by atoms with Crippen molar-refractivity contribution < 1.29 is 4.79 Å². The first-order valence-corrected chi connectivity index (χ1v) is 10.3. The molecule has 1 amide bonds. The van der Waals surface area contributed by atoms with Crippen molar-refractivity contribution in [3.8, 4) is 0 Å². The third kappa shape index (κ3) is 2.91. The standard InChI is InChI=1S/C19H24N4OS/c24-18(16-9-15(21-22-16)14-1-2-14)23(11-13-3-8-25-12-13)17-10-19(17)4-6-20-7-5-19/h3,8-9,12,14,17,20H,1-2,4-7,10-11H2,(H,21,22). The molecule has 0 radical (unpaired) electrons. The smallest absolute Gasteiger partial charge is 0.274 e. The van der Waals surface area contributed by atoms with E-state index in [-0.39, 0.29) is 5.91 Å². The van der Waals surface area contributed by atoms with E-state index >= 15 is 0 Å². The number of aromatic amines is 1. The van der Waals surface area contributed by atoms with Crippen LogP contribution < -0.4 is 5.32 Å². The molecule has 1 unspecified atom stereocenters. The Labute approximate surface area is 151 Å². The predicted octanol–water partition coefficient (Wildman–Crippen LogP) is 3.13. The molecule has 3 fully saturated rings. The summed E-state index contributed by atoms with van der Waals surface area (Å²) in [5, 5.41) is 15.1. The monoisotopic (exact) mass is 356 g/mol. The summed E-state index contributed by atoms with van der Waals surface area (Å²) in [6.07, 6.45) is 5.93. The molecule has 2 aromatic rings. The number of hydrogen-bond donors (Lipinski definition) is 2. The van der Waals surface area contributed by atoms with E-state index in [1.165, 1.54) is 31.2 Å². The summed E-state index contributed by atoms with van der Waals surface area (Å²) in [4.78, 5) is 15.4. The summed E-state index contributed by atoms with van der Waals surface area (Å²) in [6, 6.07) is 4.48. The van der Waals surface area contributed by atoms with Crippen LogP contribution in [0.3, 0.4) is 0 Å². The SMILES string of the molecule is O=C(c1cc(C2CC2)[nH]n1)N(Cc1ccsc1)C1CC12CCNCC2. The van der Waals surface area contributed by atoms with E-state index in [9.17, 15) is 4.79 Å². The van der Waals surface area contributed by atoms with Gasteiger partial charge in [0.1, 0.15) is 5.69 Å². The van der Waals surface area contributed by atoms with Gasteiger partial charge in [0.15, 0.2) is 0 Å². The predicted molar refractivity (Wildman–Crippen MR) is 97.7 cm³/mol. The number of thiophene rings is 1. The van der Waals surface area contributed by atoms with Crippen LogP contribution in [-0.2, 0) is 6.54 Å². The van der Waals surface area contributed by atoms with Crippen LogP contribution in [0, 0.1) is 5.41 Å².